The van der Waals surface area contributed by atoms with Gasteiger partial charge in [0.05, 0.1) is 0 Å². The second-order valence-corrected chi connectivity index (χ2v) is 6.37. The van der Waals surface area contributed by atoms with Crippen molar-refractivity contribution in [3.05, 3.63) is 41.7 Å². The lowest BCUT2D eigenvalue weighted by Crippen LogP contribution is -2.44. The summed E-state index contributed by atoms with van der Waals surface area (Å²) >= 11 is 5.83. The summed E-state index contributed by atoms with van der Waals surface area (Å²) in [6, 6.07) is 3.09. The number of anilines is 1. The number of likely N-dealkylation sites (tertiary alicyclic amines) is 1. The molecule has 0 spiro atoms. The molecule has 3 rings (SSSR count). The minimum atomic E-state index is -0.684. The Morgan fingerprint density at radius 3 is 3.00 bits per heavy atom. The van der Waals surface area contributed by atoms with E-state index in [9.17, 15) is 9.90 Å². The summed E-state index contributed by atoms with van der Waals surface area (Å²) in [7, 11) is 1.85. The minimum absolute atomic E-state index is 0.0355. The van der Waals surface area contributed by atoms with Gasteiger partial charge in [0, 0.05) is 50.3 Å². The molecule has 1 saturated heterocycles. The van der Waals surface area contributed by atoms with E-state index in [1.165, 1.54) is 0 Å². The lowest BCUT2D eigenvalue weighted by atomic mass is 9.92. The molecule has 2 aromatic heterocycles. The van der Waals surface area contributed by atoms with Gasteiger partial charge in [-0.15, -0.1) is 0 Å². The van der Waals surface area contributed by atoms with Crippen molar-refractivity contribution in [2.75, 3.05) is 18.4 Å². The first-order valence-electron chi connectivity index (χ1n) is 7.87. The number of piperidine rings is 1. The highest BCUT2D eigenvalue weighted by Crippen LogP contribution is 2.29. The Morgan fingerprint density at radius 1 is 1.46 bits per heavy atom. The van der Waals surface area contributed by atoms with Crippen LogP contribution in [0.2, 0.25) is 5.15 Å². The molecule has 2 N–H and O–H groups in total. The number of urea groups is 1. The number of pyridine rings is 1. The first-order valence-corrected chi connectivity index (χ1v) is 8.25. The van der Waals surface area contributed by atoms with E-state index in [4.69, 9.17) is 11.6 Å². The van der Waals surface area contributed by atoms with Crippen molar-refractivity contribution in [2.24, 2.45) is 13.0 Å². The number of carbonyl (C=O) groups is 1. The van der Waals surface area contributed by atoms with Crippen LogP contribution in [0.1, 0.15) is 24.8 Å². The Labute approximate surface area is 145 Å². The smallest absolute Gasteiger partial charge is 0.321 e. The van der Waals surface area contributed by atoms with Crippen molar-refractivity contribution in [2.45, 2.75) is 18.9 Å². The largest absolute Gasteiger partial charge is 0.385 e. The van der Waals surface area contributed by atoms with E-state index < -0.39 is 6.10 Å². The number of aromatic nitrogens is 3. The zero-order valence-electron chi connectivity index (χ0n) is 13.4. The molecular weight excluding hydrogens is 330 g/mol. The SMILES string of the molecule is Cn1ccnc1C(O)C1CCCN(C(=O)Nc2ccnc(Cl)c2)C1. The predicted octanol–water partition coefficient (Wildman–Crippen LogP) is 2.45. The van der Waals surface area contributed by atoms with Crippen molar-refractivity contribution in [3.63, 3.8) is 0 Å². The molecule has 0 radical (unpaired) electrons. The molecule has 2 amide bonds. The Kier molecular flexibility index (Phi) is 5.01. The Balaban J connectivity index is 1.64. The minimum Gasteiger partial charge on any atom is -0.385 e. The van der Waals surface area contributed by atoms with Gasteiger partial charge >= 0.3 is 6.03 Å². The monoisotopic (exact) mass is 349 g/mol. The van der Waals surface area contributed by atoms with Crippen molar-refractivity contribution < 1.29 is 9.90 Å². The molecule has 0 aromatic carbocycles. The highest BCUT2D eigenvalue weighted by Gasteiger charge is 2.31. The second kappa shape index (κ2) is 7.19. The molecule has 1 aliphatic rings. The van der Waals surface area contributed by atoms with Gasteiger partial charge in [-0.2, -0.15) is 0 Å². The maximum atomic E-state index is 12.4. The summed E-state index contributed by atoms with van der Waals surface area (Å²) < 4.78 is 1.81. The highest BCUT2D eigenvalue weighted by molar-refractivity contribution is 6.29. The molecule has 0 saturated carbocycles. The fourth-order valence-electron chi connectivity index (χ4n) is 3.01. The number of halogens is 1. The van der Waals surface area contributed by atoms with E-state index >= 15 is 0 Å². The number of carbonyl (C=O) groups excluding carboxylic acids is 1. The lowest BCUT2D eigenvalue weighted by molar-refractivity contribution is 0.0552. The maximum absolute atomic E-state index is 12.4. The molecular formula is C16H20ClN5O2. The summed E-state index contributed by atoms with van der Waals surface area (Å²) in [6.45, 7) is 1.15. The Bertz CT molecular complexity index is 720. The molecule has 3 heterocycles. The number of nitrogens with zero attached hydrogens (tertiary/aromatic N) is 4. The van der Waals surface area contributed by atoms with E-state index in [1.807, 2.05) is 11.6 Å². The summed E-state index contributed by atoms with van der Waals surface area (Å²) in [4.78, 5) is 22.3. The Hall–Kier alpha value is -2.12. The van der Waals surface area contributed by atoms with Gasteiger partial charge in [-0.1, -0.05) is 11.6 Å². The van der Waals surface area contributed by atoms with E-state index in [1.54, 1.807) is 35.6 Å². The molecule has 1 fully saturated rings. The van der Waals surface area contributed by atoms with Crippen LogP contribution in [0, 0.1) is 5.92 Å². The molecule has 2 unspecified atom stereocenters. The van der Waals surface area contributed by atoms with Gasteiger partial charge in [0.1, 0.15) is 17.1 Å². The number of hydrogen-bond acceptors (Lipinski definition) is 4. The standard InChI is InChI=1S/C16H20ClN5O2/c1-21-8-6-19-15(21)14(23)11-3-2-7-22(10-11)16(24)20-12-4-5-18-13(17)9-12/h4-6,8-9,11,14,23H,2-3,7,10H2,1H3,(H,18,20,24). The van der Waals surface area contributed by atoms with Gasteiger partial charge in [-0.3, -0.25) is 0 Å². The normalized spacial score (nSPS) is 19.1. The molecule has 2 atom stereocenters. The number of imidazole rings is 1. The van der Waals surface area contributed by atoms with Crippen molar-refractivity contribution in [1.29, 1.82) is 0 Å². The number of hydrogen-bond donors (Lipinski definition) is 2. The average Bonchev–Trinajstić information content (AvgIpc) is 3.00. The fourth-order valence-corrected chi connectivity index (χ4v) is 3.18. The number of rotatable bonds is 3. The zero-order valence-corrected chi connectivity index (χ0v) is 14.1. The van der Waals surface area contributed by atoms with Crippen LogP contribution in [0.5, 0.6) is 0 Å². The average molecular weight is 350 g/mol. The number of aliphatic hydroxyl groups is 1. The van der Waals surface area contributed by atoms with Crippen LogP contribution in [-0.4, -0.2) is 43.7 Å². The third-order valence-electron chi connectivity index (χ3n) is 4.29. The molecule has 0 aliphatic carbocycles. The van der Waals surface area contributed by atoms with Crippen LogP contribution in [0.3, 0.4) is 0 Å². The summed E-state index contributed by atoms with van der Waals surface area (Å²) in [5.74, 6) is 0.592. The van der Waals surface area contributed by atoms with E-state index in [2.05, 4.69) is 15.3 Å². The summed E-state index contributed by atoms with van der Waals surface area (Å²) in [6.07, 6.45) is 6.03. The molecule has 8 heteroatoms. The van der Waals surface area contributed by atoms with Crippen LogP contribution < -0.4 is 5.32 Å². The number of amides is 2. The van der Waals surface area contributed by atoms with Crippen molar-refractivity contribution in [3.8, 4) is 0 Å². The van der Waals surface area contributed by atoms with E-state index in [0.29, 0.717) is 29.8 Å². The zero-order chi connectivity index (χ0) is 17.1. The van der Waals surface area contributed by atoms with Crippen molar-refractivity contribution in [1.82, 2.24) is 19.4 Å². The summed E-state index contributed by atoms with van der Waals surface area (Å²) in [5.41, 5.74) is 0.603. The Morgan fingerprint density at radius 2 is 2.29 bits per heavy atom. The first kappa shape index (κ1) is 16.7. The van der Waals surface area contributed by atoms with Crippen LogP contribution in [0.25, 0.3) is 0 Å². The highest BCUT2D eigenvalue weighted by atomic mass is 35.5. The molecule has 7 nitrogen and oxygen atoms in total. The van der Waals surface area contributed by atoms with Gasteiger partial charge in [0.15, 0.2) is 0 Å². The van der Waals surface area contributed by atoms with Crippen LogP contribution in [0.4, 0.5) is 10.5 Å². The lowest BCUT2D eigenvalue weighted by Gasteiger charge is -2.34. The molecule has 2 aromatic rings. The molecule has 0 bridgehead atoms. The first-order chi connectivity index (χ1) is 11.5. The quantitative estimate of drug-likeness (QED) is 0.834. The van der Waals surface area contributed by atoms with E-state index in [-0.39, 0.29) is 11.9 Å². The van der Waals surface area contributed by atoms with Gasteiger partial charge < -0.3 is 19.9 Å². The molecule has 24 heavy (non-hydrogen) atoms. The summed E-state index contributed by atoms with van der Waals surface area (Å²) in [5, 5.41) is 13.7. The number of aryl methyl sites for hydroxylation is 1. The van der Waals surface area contributed by atoms with Gasteiger partial charge in [-0.05, 0) is 25.0 Å². The predicted molar refractivity (Wildman–Crippen MR) is 90.7 cm³/mol. The van der Waals surface area contributed by atoms with Crippen LogP contribution in [0.15, 0.2) is 30.7 Å². The van der Waals surface area contributed by atoms with Gasteiger partial charge in [0.25, 0.3) is 0 Å². The van der Waals surface area contributed by atoms with Crippen LogP contribution in [-0.2, 0) is 7.05 Å². The molecule has 1 aliphatic heterocycles. The van der Waals surface area contributed by atoms with Gasteiger partial charge in [0.2, 0.25) is 0 Å². The molecule has 128 valence electrons. The maximum Gasteiger partial charge on any atom is 0.321 e. The van der Waals surface area contributed by atoms with Crippen molar-refractivity contribution >= 4 is 23.3 Å². The topological polar surface area (TPSA) is 83.3 Å². The fraction of sp³-hybridized carbons (Fsp3) is 0.438. The second-order valence-electron chi connectivity index (χ2n) is 5.99. The number of nitrogens with one attached hydrogen (secondary N) is 1. The van der Waals surface area contributed by atoms with Crippen LogP contribution >= 0.6 is 11.6 Å². The van der Waals surface area contributed by atoms with E-state index in [0.717, 1.165) is 12.8 Å². The number of aliphatic hydroxyl groups excluding tert-OH is 1. The third-order valence-corrected chi connectivity index (χ3v) is 4.50. The van der Waals surface area contributed by atoms with Gasteiger partial charge in [-0.25, -0.2) is 14.8 Å². The third kappa shape index (κ3) is 3.68.